The molecule has 0 N–H and O–H groups in total. The molecule has 2 aromatic carbocycles. The van der Waals surface area contributed by atoms with Crippen molar-refractivity contribution in [2.24, 2.45) is 5.92 Å². The molecule has 1 heterocycles. The zero-order valence-electron chi connectivity index (χ0n) is 20.2. The standard InChI is InChI=1S/C13H17Cl2N.C8H9Cl.C3H8.C2H4.CH2O/c1-10-4-3-8-16(9-7-10)13-11(14)5-2-6-12(13)15;1-2-7-5-3-4-6-8(7)9;1-3-2;2*1-2/h2,5-6,10H,3-4,7-9H2,1H3;3-6H,2H2,1H3;3H2,1-2H3;1-2H2;1H2. The highest BCUT2D eigenvalue weighted by molar-refractivity contribution is 6.39. The Balaban J connectivity index is 0. The third-order valence-electron chi connectivity index (χ3n) is 4.61. The van der Waals surface area contributed by atoms with Crippen molar-refractivity contribution in [2.75, 3.05) is 18.0 Å². The van der Waals surface area contributed by atoms with Crippen molar-refractivity contribution in [2.45, 2.75) is 59.8 Å². The number of hydrogen-bond donors (Lipinski definition) is 0. The smallest absolute Gasteiger partial charge is 0.106 e. The van der Waals surface area contributed by atoms with E-state index in [1.165, 1.54) is 31.2 Å². The quantitative estimate of drug-likeness (QED) is 0.382. The van der Waals surface area contributed by atoms with Crippen LogP contribution in [0.5, 0.6) is 0 Å². The maximum Gasteiger partial charge on any atom is 0.106 e. The van der Waals surface area contributed by atoms with Crippen LogP contribution in [0.25, 0.3) is 0 Å². The van der Waals surface area contributed by atoms with Crippen molar-refractivity contribution in [1.29, 1.82) is 0 Å². The highest BCUT2D eigenvalue weighted by Crippen LogP contribution is 2.35. The first-order chi connectivity index (χ1) is 15.4. The molecule has 1 fully saturated rings. The predicted molar refractivity (Wildman–Crippen MR) is 147 cm³/mol. The maximum absolute atomic E-state index is 8.00. The lowest BCUT2D eigenvalue weighted by atomic mass is 10.0. The minimum atomic E-state index is 0.766. The normalized spacial score (nSPS) is 14.5. The number of nitrogens with zero attached hydrogens (tertiary/aromatic N) is 1. The monoisotopic (exact) mass is 499 g/mol. The van der Waals surface area contributed by atoms with E-state index >= 15 is 0 Å². The molecule has 1 aliphatic rings. The summed E-state index contributed by atoms with van der Waals surface area (Å²) in [5.74, 6) is 0.811. The number of carbonyl (C=O) groups excluding carboxylic acids is 1. The molecule has 0 spiro atoms. The first-order valence-corrected chi connectivity index (χ1v) is 12.3. The van der Waals surface area contributed by atoms with Gasteiger partial charge in [0, 0.05) is 18.1 Å². The summed E-state index contributed by atoms with van der Waals surface area (Å²) in [5, 5.41) is 2.41. The van der Waals surface area contributed by atoms with E-state index in [1.807, 2.05) is 49.3 Å². The molecule has 1 unspecified atom stereocenters. The van der Waals surface area contributed by atoms with Gasteiger partial charge in [0.15, 0.2) is 0 Å². The molecule has 5 heteroatoms. The van der Waals surface area contributed by atoms with Crippen molar-refractivity contribution >= 4 is 47.3 Å². The van der Waals surface area contributed by atoms with E-state index in [4.69, 9.17) is 39.6 Å². The van der Waals surface area contributed by atoms with Crippen LogP contribution in [0.3, 0.4) is 0 Å². The summed E-state index contributed by atoms with van der Waals surface area (Å²) >= 11 is 18.3. The Morgan fingerprint density at radius 2 is 1.34 bits per heavy atom. The van der Waals surface area contributed by atoms with E-state index in [1.54, 1.807) is 0 Å². The first kappa shape index (κ1) is 32.7. The van der Waals surface area contributed by atoms with Gasteiger partial charge in [0.1, 0.15) is 6.79 Å². The summed E-state index contributed by atoms with van der Waals surface area (Å²) in [6.45, 7) is 18.8. The molecule has 3 rings (SSSR count). The van der Waals surface area contributed by atoms with Crippen LogP contribution >= 0.6 is 34.8 Å². The molecule has 1 atom stereocenters. The van der Waals surface area contributed by atoms with Crippen LogP contribution in [-0.2, 0) is 11.2 Å². The van der Waals surface area contributed by atoms with Gasteiger partial charge in [-0.3, -0.25) is 0 Å². The molecule has 0 aliphatic carbocycles. The first-order valence-electron chi connectivity index (χ1n) is 11.2. The minimum Gasteiger partial charge on any atom is -0.369 e. The summed E-state index contributed by atoms with van der Waals surface area (Å²) in [7, 11) is 0. The fourth-order valence-corrected chi connectivity index (χ4v) is 3.97. The summed E-state index contributed by atoms with van der Waals surface area (Å²) in [6.07, 6.45) is 6.02. The zero-order chi connectivity index (χ0) is 24.9. The molecule has 1 aliphatic heterocycles. The second-order valence-corrected chi connectivity index (χ2v) is 8.47. The maximum atomic E-state index is 8.00. The Hall–Kier alpha value is -1.48. The predicted octanol–water partition coefficient (Wildman–Crippen LogP) is 9.56. The zero-order valence-corrected chi connectivity index (χ0v) is 22.4. The van der Waals surface area contributed by atoms with Gasteiger partial charge in [-0.1, -0.05) is 93.2 Å². The molecular formula is C27H40Cl3NO. The van der Waals surface area contributed by atoms with Gasteiger partial charge in [-0.15, -0.1) is 13.2 Å². The molecule has 180 valence electrons. The summed E-state index contributed by atoms with van der Waals surface area (Å²) in [4.78, 5) is 10.3. The van der Waals surface area contributed by atoms with Gasteiger partial charge in [-0.2, -0.15) is 0 Å². The van der Waals surface area contributed by atoms with Crippen molar-refractivity contribution in [3.05, 3.63) is 76.3 Å². The second kappa shape index (κ2) is 21.4. The third kappa shape index (κ3) is 13.2. The summed E-state index contributed by atoms with van der Waals surface area (Å²) in [6, 6.07) is 13.6. The number of para-hydroxylation sites is 1. The van der Waals surface area contributed by atoms with Crippen molar-refractivity contribution in [3.63, 3.8) is 0 Å². The Kier molecular flexibility index (Phi) is 21.8. The van der Waals surface area contributed by atoms with Crippen LogP contribution in [0.4, 0.5) is 5.69 Å². The van der Waals surface area contributed by atoms with Crippen LogP contribution in [-0.4, -0.2) is 19.9 Å². The molecule has 2 aromatic rings. The van der Waals surface area contributed by atoms with Gasteiger partial charge in [0.2, 0.25) is 0 Å². The van der Waals surface area contributed by atoms with Crippen LogP contribution < -0.4 is 4.90 Å². The lowest BCUT2D eigenvalue weighted by molar-refractivity contribution is -0.0979. The molecule has 1 saturated heterocycles. The highest BCUT2D eigenvalue weighted by Gasteiger charge is 2.18. The molecule has 0 bridgehead atoms. The number of rotatable bonds is 2. The Bertz CT molecular complexity index is 702. The fraction of sp³-hybridized carbons (Fsp3) is 0.444. The van der Waals surface area contributed by atoms with Gasteiger partial charge in [0.25, 0.3) is 0 Å². The van der Waals surface area contributed by atoms with E-state index in [0.29, 0.717) is 0 Å². The molecule has 32 heavy (non-hydrogen) atoms. The van der Waals surface area contributed by atoms with Crippen molar-refractivity contribution < 1.29 is 4.79 Å². The average molecular weight is 501 g/mol. The average Bonchev–Trinajstić information content (AvgIpc) is 3.02. The number of benzene rings is 2. The molecule has 0 aromatic heterocycles. The molecule has 0 amide bonds. The van der Waals surface area contributed by atoms with E-state index < -0.39 is 0 Å². The van der Waals surface area contributed by atoms with Gasteiger partial charge in [0.05, 0.1) is 15.7 Å². The van der Waals surface area contributed by atoms with Gasteiger partial charge >= 0.3 is 0 Å². The Labute approximate surface area is 211 Å². The van der Waals surface area contributed by atoms with E-state index in [-0.39, 0.29) is 0 Å². The highest BCUT2D eigenvalue weighted by atomic mass is 35.5. The van der Waals surface area contributed by atoms with Crippen LogP contribution in [0.15, 0.2) is 55.6 Å². The minimum absolute atomic E-state index is 0.766. The molecule has 0 saturated carbocycles. The van der Waals surface area contributed by atoms with E-state index in [9.17, 15) is 0 Å². The Morgan fingerprint density at radius 1 is 0.844 bits per heavy atom. The van der Waals surface area contributed by atoms with E-state index in [0.717, 1.165) is 46.2 Å². The SMILES string of the molecule is C=C.C=O.CC1CCCN(c2c(Cl)cccc2Cl)CC1.CCC.CCc1ccccc1Cl. The third-order valence-corrected chi connectivity index (χ3v) is 5.59. The van der Waals surface area contributed by atoms with Crippen LogP contribution in [0.1, 0.15) is 58.9 Å². The molecule has 0 radical (unpaired) electrons. The van der Waals surface area contributed by atoms with Gasteiger partial charge in [-0.05, 0) is 55.4 Å². The van der Waals surface area contributed by atoms with Gasteiger partial charge in [-0.25, -0.2) is 0 Å². The summed E-state index contributed by atoms with van der Waals surface area (Å²) in [5.41, 5.74) is 2.24. The van der Waals surface area contributed by atoms with Crippen molar-refractivity contribution in [3.8, 4) is 0 Å². The lowest BCUT2D eigenvalue weighted by Crippen LogP contribution is -2.24. The number of aryl methyl sites for hydroxylation is 1. The van der Waals surface area contributed by atoms with Crippen LogP contribution in [0, 0.1) is 5.92 Å². The molecular weight excluding hydrogens is 461 g/mol. The van der Waals surface area contributed by atoms with Crippen molar-refractivity contribution in [1.82, 2.24) is 0 Å². The van der Waals surface area contributed by atoms with E-state index in [2.05, 4.69) is 45.8 Å². The largest absolute Gasteiger partial charge is 0.369 e. The topological polar surface area (TPSA) is 20.3 Å². The van der Waals surface area contributed by atoms with Crippen LogP contribution in [0.2, 0.25) is 15.1 Å². The second-order valence-electron chi connectivity index (χ2n) is 7.25. The summed E-state index contributed by atoms with van der Waals surface area (Å²) < 4.78 is 0. The number of halogens is 3. The number of carbonyl (C=O) groups is 1. The van der Waals surface area contributed by atoms with Gasteiger partial charge < -0.3 is 9.69 Å². The lowest BCUT2D eigenvalue weighted by Gasteiger charge is -2.25. The fourth-order valence-electron chi connectivity index (χ4n) is 3.06. The number of hydrogen-bond acceptors (Lipinski definition) is 2. The number of anilines is 1. The molecule has 2 nitrogen and oxygen atoms in total. The Morgan fingerprint density at radius 3 is 1.81 bits per heavy atom.